The van der Waals surface area contributed by atoms with Gasteiger partial charge in [0.25, 0.3) is 0 Å². The zero-order valence-corrected chi connectivity index (χ0v) is 17.3. The Kier molecular flexibility index (Phi) is 4.91. The maximum Gasteiger partial charge on any atom is 0.249 e. The third kappa shape index (κ3) is 3.41. The van der Waals surface area contributed by atoms with Gasteiger partial charge in [0.2, 0.25) is 11.9 Å². The first-order chi connectivity index (χ1) is 13.3. The molecule has 148 valence electrons. The van der Waals surface area contributed by atoms with E-state index in [0.717, 1.165) is 34.9 Å². The average Bonchev–Trinajstić information content (AvgIpc) is 2.64. The molecule has 28 heavy (non-hydrogen) atoms. The number of carbonyl (C=O) groups excluding carboxylic acids is 1. The zero-order chi connectivity index (χ0) is 20.0. The lowest BCUT2D eigenvalue weighted by atomic mass is 9.92. The third-order valence-electron chi connectivity index (χ3n) is 5.52. The Labute approximate surface area is 168 Å². The quantitative estimate of drug-likeness (QED) is 0.847. The first-order valence-electron chi connectivity index (χ1n) is 9.41. The molecule has 1 atom stereocenters. The maximum atomic E-state index is 13.0. The van der Waals surface area contributed by atoms with Gasteiger partial charge in [0.1, 0.15) is 17.5 Å². The topological polar surface area (TPSA) is 61.4 Å². The molecule has 0 unspecified atom stereocenters. The van der Waals surface area contributed by atoms with Crippen LogP contribution in [0.15, 0.2) is 29.2 Å². The van der Waals surface area contributed by atoms with Crippen LogP contribution in [0.2, 0.25) is 0 Å². The van der Waals surface area contributed by atoms with Gasteiger partial charge in [-0.15, -0.1) is 11.8 Å². The van der Waals surface area contributed by atoms with E-state index in [-0.39, 0.29) is 17.8 Å². The minimum Gasteiger partial charge on any atom is -0.351 e. The molecule has 1 saturated carbocycles. The molecule has 2 aliphatic rings. The summed E-state index contributed by atoms with van der Waals surface area (Å²) in [4.78, 5) is 26.3. The van der Waals surface area contributed by atoms with Crippen molar-refractivity contribution in [3.63, 3.8) is 0 Å². The number of halogens is 1. The summed E-state index contributed by atoms with van der Waals surface area (Å²) in [6.45, 7) is 3.79. The Balaban J connectivity index is 1.42. The van der Waals surface area contributed by atoms with Gasteiger partial charge in [-0.3, -0.25) is 4.79 Å². The van der Waals surface area contributed by atoms with Gasteiger partial charge in [0.15, 0.2) is 5.82 Å². The Morgan fingerprint density at radius 2 is 1.86 bits per heavy atom. The van der Waals surface area contributed by atoms with Crippen molar-refractivity contribution < 1.29 is 9.18 Å². The number of hydrogen-bond donors (Lipinski definition) is 1. The van der Waals surface area contributed by atoms with E-state index in [1.54, 1.807) is 23.7 Å². The van der Waals surface area contributed by atoms with E-state index < -0.39 is 0 Å². The molecular formula is C20H24FN5OS. The van der Waals surface area contributed by atoms with Crippen molar-refractivity contribution >= 4 is 35.1 Å². The molecule has 0 bridgehead atoms. The van der Waals surface area contributed by atoms with Crippen LogP contribution in [-0.4, -0.2) is 47.3 Å². The number of anilines is 3. The Bertz CT molecular complexity index is 900. The highest BCUT2D eigenvalue weighted by atomic mass is 32.2. The van der Waals surface area contributed by atoms with Gasteiger partial charge in [-0.25, -0.2) is 9.37 Å². The summed E-state index contributed by atoms with van der Waals surface area (Å²) in [7, 11) is 3.67. The molecule has 1 aromatic heterocycles. The highest BCUT2D eigenvalue weighted by Crippen LogP contribution is 2.39. The predicted molar refractivity (Wildman–Crippen MR) is 111 cm³/mol. The number of nitrogens with zero attached hydrogens (tertiary/aromatic N) is 4. The molecule has 8 heteroatoms. The summed E-state index contributed by atoms with van der Waals surface area (Å²) < 4.78 is 13.0. The first kappa shape index (κ1) is 19.0. The lowest BCUT2D eigenvalue weighted by Gasteiger charge is -2.38. The Hall–Kier alpha value is -2.35. The highest BCUT2D eigenvalue weighted by Gasteiger charge is 2.35. The number of likely N-dealkylation sites (N-methyl/N-ethyl adjacent to an activating group) is 2. The minimum absolute atomic E-state index is 0.0436. The van der Waals surface area contributed by atoms with Crippen LogP contribution in [0.5, 0.6) is 0 Å². The van der Waals surface area contributed by atoms with Gasteiger partial charge >= 0.3 is 0 Å². The van der Waals surface area contributed by atoms with Crippen molar-refractivity contribution in [2.24, 2.45) is 0 Å². The molecule has 4 rings (SSSR count). The van der Waals surface area contributed by atoms with Gasteiger partial charge in [-0.05, 0) is 51.0 Å². The largest absolute Gasteiger partial charge is 0.351 e. The molecule has 2 aromatic rings. The first-order valence-corrected chi connectivity index (χ1v) is 10.3. The molecule has 6 nitrogen and oxygen atoms in total. The van der Waals surface area contributed by atoms with Crippen LogP contribution in [0.3, 0.4) is 0 Å². The van der Waals surface area contributed by atoms with Gasteiger partial charge in [-0.1, -0.05) is 0 Å². The smallest absolute Gasteiger partial charge is 0.249 e. The van der Waals surface area contributed by atoms with Gasteiger partial charge < -0.3 is 15.1 Å². The number of aryl methyl sites for hydroxylation is 1. The Morgan fingerprint density at radius 1 is 1.18 bits per heavy atom. The number of rotatable bonds is 4. The third-order valence-corrected chi connectivity index (χ3v) is 6.79. The fraction of sp³-hybridized carbons (Fsp3) is 0.450. The molecule has 0 saturated heterocycles. The van der Waals surface area contributed by atoms with E-state index in [1.807, 2.05) is 37.9 Å². The summed E-state index contributed by atoms with van der Waals surface area (Å²) in [6.07, 6.45) is 2.01. The van der Waals surface area contributed by atoms with E-state index in [0.29, 0.717) is 17.2 Å². The molecule has 1 amide bonds. The second-order valence-corrected chi connectivity index (χ2v) is 8.87. The van der Waals surface area contributed by atoms with Crippen molar-refractivity contribution in [2.45, 2.75) is 48.9 Å². The monoisotopic (exact) mass is 401 g/mol. The Morgan fingerprint density at radius 3 is 2.54 bits per heavy atom. The minimum atomic E-state index is -0.250. The maximum absolute atomic E-state index is 13.0. The number of thioether (sulfide) groups is 1. The number of benzene rings is 1. The van der Waals surface area contributed by atoms with E-state index in [2.05, 4.69) is 10.3 Å². The molecule has 0 radical (unpaired) electrons. The second-order valence-electron chi connectivity index (χ2n) is 7.50. The van der Waals surface area contributed by atoms with Crippen LogP contribution in [-0.2, 0) is 4.79 Å². The van der Waals surface area contributed by atoms with Crippen LogP contribution in [0.4, 0.5) is 21.8 Å². The van der Waals surface area contributed by atoms with E-state index >= 15 is 0 Å². The van der Waals surface area contributed by atoms with Gasteiger partial charge in [0, 0.05) is 30.3 Å². The lowest BCUT2D eigenvalue weighted by Crippen LogP contribution is -2.50. The van der Waals surface area contributed by atoms with Crippen LogP contribution in [0, 0.1) is 12.7 Å². The molecule has 1 N–H and O–H groups in total. The summed E-state index contributed by atoms with van der Waals surface area (Å²) in [5.74, 6) is 1.22. The van der Waals surface area contributed by atoms with Crippen molar-refractivity contribution in [1.82, 2.24) is 9.97 Å². The van der Waals surface area contributed by atoms with Crippen LogP contribution >= 0.6 is 11.8 Å². The molecule has 1 aromatic carbocycles. The molecule has 2 heterocycles. The molecule has 1 aliphatic carbocycles. The van der Waals surface area contributed by atoms with Crippen LogP contribution < -0.4 is 15.1 Å². The van der Waals surface area contributed by atoms with E-state index in [4.69, 9.17) is 4.98 Å². The number of aromatic nitrogens is 2. The average molecular weight is 402 g/mol. The molecular weight excluding hydrogens is 377 g/mol. The highest BCUT2D eigenvalue weighted by molar-refractivity contribution is 8.00. The van der Waals surface area contributed by atoms with Gasteiger partial charge in [0.05, 0.1) is 5.69 Å². The van der Waals surface area contributed by atoms with Crippen molar-refractivity contribution in [3.8, 4) is 0 Å². The molecule has 0 spiro atoms. The van der Waals surface area contributed by atoms with Crippen molar-refractivity contribution in [3.05, 3.63) is 35.8 Å². The number of carbonyl (C=O) groups is 1. The number of fused-ring (bicyclic) bond motifs is 1. The zero-order valence-electron chi connectivity index (χ0n) is 16.4. The van der Waals surface area contributed by atoms with Crippen molar-refractivity contribution in [1.29, 1.82) is 0 Å². The second kappa shape index (κ2) is 7.24. The fourth-order valence-electron chi connectivity index (χ4n) is 3.66. The predicted octanol–water partition coefficient (Wildman–Crippen LogP) is 3.46. The van der Waals surface area contributed by atoms with E-state index in [1.165, 1.54) is 12.1 Å². The standard InChI is InChI=1S/C20H24FN5OS/c1-11-17-18(25(3)12(2)19(27)26(17)4)24-20(22-11)23-14-9-16(10-14)28-15-7-5-13(21)6-8-15/h5-8,12,14,16H,9-10H2,1-4H3,(H,22,23,24)/t12-,14-,16+/m0/s1. The SMILES string of the molecule is Cc1nc(N[C@H]2C[C@@H](Sc3ccc(F)cc3)C2)nc2c1N(C)C(=O)[C@H](C)N2C. The van der Waals surface area contributed by atoms with Gasteiger partial charge in [-0.2, -0.15) is 4.98 Å². The summed E-state index contributed by atoms with van der Waals surface area (Å²) in [5.41, 5.74) is 1.56. The normalized spacial score (nSPS) is 24.0. The van der Waals surface area contributed by atoms with Crippen molar-refractivity contribution in [2.75, 3.05) is 29.2 Å². The van der Waals surface area contributed by atoms with Crippen LogP contribution in [0.1, 0.15) is 25.5 Å². The summed E-state index contributed by atoms with van der Waals surface area (Å²) >= 11 is 1.78. The lowest BCUT2D eigenvalue weighted by molar-refractivity contribution is -0.119. The molecule has 1 fully saturated rings. The fourth-order valence-corrected chi connectivity index (χ4v) is 5.00. The number of hydrogen-bond acceptors (Lipinski definition) is 6. The number of nitrogens with one attached hydrogen (secondary N) is 1. The summed E-state index contributed by atoms with van der Waals surface area (Å²) in [5, 5.41) is 3.94. The van der Waals surface area contributed by atoms with E-state index in [9.17, 15) is 9.18 Å². The summed E-state index contributed by atoms with van der Waals surface area (Å²) in [6, 6.07) is 6.72. The molecule has 1 aliphatic heterocycles. The number of amides is 1. The van der Waals surface area contributed by atoms with Crippen LogP contribution in [0.25, 0.3) is 0 Å².